The summed E-state index contributed by atoms with van der Waals surface area (Å²) in [6.45, 7) is 0. The SMILES string of the molecule is c1nnnn1On1cnnn1. The minimum Gasteiger partial charge on any atom is -0.241 e. The van der Waals surface area contributed by atoms with Gasteiger partial charge in [0.1, 0.15) is 0 Å². The molecule has 0 radical (unpaired) electrons. The van der Waals surface area contributed by atoms with Crippen molar-refractivity contribution < 1.29 is 4.94 Å². The summed E-state index contributed by atoms with van der Waals surface area (Å²) in [7, 11) is 0. The van der Waals surface area contributed by atoms with E-state index in [4.69, 9.17) is 4.94 Å². The Morgan fingerprint density at radius 1 is 0.909 bits per heavy atom. The van der Waals surface area contributed by atoms with Crippen LogP contribution in [0.1, 0.15) is 0 Å². The molecule has 2 heterocycles. The largest absolute Gasteiger partial charge is 0.241 e. The van der Waals surface area contributed by atoms with Gasteiger partial charge in [-0.15, -0.1) is 10.2 Å². The zero-order valence-corrected chi connectivity index (χ0v) is 5.14. The van der Waals surface area contributed by atoms with Crippen LogP contribution in [0.4, 0.5) is 0 Å². The van der Waals surface area contributed by atoms with E-state index in [2.05, 4.69) is 31.1 Å². The highest BCUT2D eigenvalue weighted by molar-refractivity contribution is 4.38. The molecule has 0 saturated heterocycles. The molecule has 0 bridgehead atoms. The minimum atomic E-state index is 1.01. The first-order chi connectivity index (χ1) is 5.45. The van der Waals surface area contributed by atoms with Crippen molar-refractivity contribution in [3.63, 3.8) is 0 Å². The first kappa shape index (κ1) is 5.70. The molecular formula is C2H2N8O. The summed E-state index contributed by atoms with van der Waals surface area (Å²) in [6.07, 6.45) is 2.53. The molecule has 0 N–H and O–H groups in total. The lowest BCUT2D eigenvalue weighted by molar-refractivity contribution is -0.0152. The molecule has 9 nitrogen and oxygen atoms in total. The molecule has 9 heteroatoms. The Morgan fingerprint density at radius 2 is 1.45 bits per heavy atom. The molecule has 0 amide bonds. The van der Waals surface area contributed by atoms with Gasteiger partial charge in [-0.1, -0.05) is 0 Å². The molecule has 0 unspecified atom stereocenters. The second-order valence-corrected chi connectivity index (χ2v) is 1.51. The quantitative estimate of drug-likeness (QED) is 0.473. The molecule has 0 aromatic carbocycles. The molecule has 0 aliphatic rings. The fourth-order valence-electron chi connectivity index (χ4n) is 0.466. The Labute approximate surface area is 59.5 Å². The zero-order valence-electron chi connectivity index (χ0n) is 5.14. The van der Waals surface area contributed by atoms with E-state index in [1.54, 1.807) is 0 Å². The predicted molar refractivity (Wildman–Crippen MR) is 27.6 cm³/mol. The van der Waals surface area contributed by atoms with E-state index in [1.807, 2.05) is 0 Å². The molecule has 0 saturated carbocycles. The molecule has 0 aliphatic heterocycles. The Hall–Kier alpha value is -2.06. The summed E-state index contributed by atoms with van der Waals surface area (Å²) in [5, 5.41) is 20.1. The van der Waals surface area contributed by atoms with Gasteiger partial charge in [-0.2, -0.15) is 0 Å². The van der Waals surface area contributed by atoms with Crippen LogP contribution in [0.15, 0.2) is 12.7 Å². The Kier molecular flexibility index (Phi) is 1.18. The molecule has 0 spiro atoms. The second kappa shape index (κ2) is 2.28. The number of hydrogen-bond donors (Lipinski definition) is 0. The maximum Gasteiger partial charge on any atom is 0.182 e. The topological polar surface area (TPSA) is 96.4 Å². The first-order valence-electron chi connectivity index (χ1n) is 2.60. The maximum absolute atomic E-state index is 4.82. The van der Waals surface area contributed by atoms with Gasteiger partial charge in [0.15, 0.2) is 12.7 Å². The average molecular weight is 154 g/mol. The highest BCUT2D eigenvalue weighted by Gasteiger charge is 1.94. The lowest BCUT2D eigenvalue weighted by Gasteiger charge is -1.95. The molecule has 0 fully saturated rings. The standard InChI is InChI=1S/C2H2N8O/c1-3-5-7-9(1)11-10-2-4-6-8-10/h1-2H. The highest BCUT2D eigenvalue weighted by Crippen LogP contribution is 1.72. The first-order valence-corrected chi connectivity index (χ1v) is 2.60. The fraction of sp³-hybridized carbons (Fsp3) is 0. The van der Waals surface area contributed by atoms with E-state index in [0.29, 0.717) is 0 Å². The summed E-state index contributed by atoms with van der Waals surface area (Å²) in [5.41, 5.74) is 0. The third kappa shape index (κ3) is 1.10. The molecular weight excluding hydrogens is 152 g/mol. The Morgan fingerprint density at radius 3 is 1.82 bits per heavy atom. The van der Waals surface area contributed by atoms with Crippen LogP contribution in [0.5, 0.6) is 0 Å². The number of aromatic nitrogens is 8. The van der Waals surface area contributed by atoms with Gasteiger partial charge in [-0.05, 0) is 30.5 Å². The molecule has 56 valence electrons. The minimum absolute atomic E-state index is 1.01. The highest BCUT2D eigenvalue weighted by atomic mass is 16.8. The van der Waals surface area contributed by atoms with Crippen molar-refractivity contribution in [1.82, 2.24) is 40.7 Å². The summed E-state index contributed by atoms with van der Waals surface area (Å²) in [5.74, 6) is 0. The van der Waals surface area contributed by atoms with E-state index in [9.17, 15) is 0 Å². The van der Waals surface area contributed by atoms with Crippen LogP contribution in [-0.4, -0.2) is 40.7 Å². The average Bonchev–Trinajstić information content (AvgIpc) is 2.60. The van der Waals surface area contributed by atoms with Crippen LogP contribution in [0.3, 0.4) is 0 Å². The van der Waals surface area contributed by atoms with E-state index in [0.717, 1.165) is 9.69 Å². The van der Waals surface area contributed by atoms with Crippen LogP contribution in [0.2, 0.25) is 0 Å². The van der Waals surface area contributed by atoms with E-state index in [-0.39, 0.29) is 0 Å². The van der Waals surface area contributed by atoms with Gasteiger partial charge < -0.3 is 0 Å². The molecule has 2 rings (SSSR count). The number of rotatable bonds is 2. The van der Waals surface area contributed by atoms with Crippen LogP contribution >= 0.6 is 0 Å². The summed E-state index contributed by atoms with van der Waals surface area (Å²) in [6, 6.07) is 0. The lowest BCUT2D eigenvalue weighted by atomic mass is 11.4. The maximum atomic E-state index is 4.82. The van der Waals surface area contributed by atoms with E-state index in [1.165, 1.54) is 12.7 Å². The smallest absolute Gasteiger partial charge is 0.182 e. The van der Waals surface area contributed by atoms with Crippen LogP contribution in [0.25, 0.3) is 0 Å². The van der Waals surface area contributed by atoms with Crippen molar-refractivity contribution in [3.05, 3.63) is 12.7 Å². The van der Waals surface area contributed by atoms with Gasteiger partial charge in [-0.25, -0.2) is 4.94 Å². The van der Waals surface area contributed by atoms with Gasteiger partial charge in [-0.3, -0.25) is 0 Å². The van der Waals surface area contributed by atoms with Gasteiger partial charge >= 0.3 is 0 Å². The Bertz CT molecular complexity index is 264. The predicted octanol–water partition coefficient (Wildman–Crippen LogP) is -2.45. The molecule has 0 aliphatic carbocycles. The third-order valence-corrected chi connectivity index (χ3v) is 0.828. The third-order valence-electron chi connectivity index (χ3n) is 0.828. The molecule has 2 aromatic rings. The normalized spacial score (nSPS) is 9.82. The summed E-state index contributed by atoms with van der Waals surface area (Å²) < 4.78 is 0. The van der Waals surface area contributed by atoms with Gasteiger partial charge in [0.25, 0.3) is 0 Å². The summed E-state index contributed by atoms with van der Waals surface area (Å²) in [4.78, 5) is 6.84. The van der Waals surface area contributed by atoms with Gasteiger partial charge in [0.05, 0.1) is 0 Å². The van der Waals surface area contributed by atoms with Crippen LogP contribution < -0.4 is 4.94 Å². The molecule has 2 aromatic heterocycles. The van der Waals surface area contributed by atoms with Crippen LogP contribution in [-0.2, 0) is 0 Å². The van der Waals surface area contributed by atoms with Crippen molar-refractivity contribution in [2.75, 3.05) is 0 Å². The van der Waals surface area contributed by atoms with Crippen molar-refractivity contribution in [2.45, 2.75) is 0 Å². The lowest BCUT2D eigenvalue weighted by Crippen LogP contribution is -2.19. The number of nitrogens with zero attached hydrogens (tertiary/aromatic N) is 8. The van der Waals surface area contributed by atoms with Crippen molar-refractivity contribution in [3.8, 4) is 0 Å². The van der Waals surface area contributed by atoms with Crippen molar-refractivity contribution in [1.29, 1.82) is 0 Å². The molecule has 0 atom stereocenters. The van der Waals surface area contributed by atoms with Gasteiger partial charge in [0, 0.05) is 0 Å². The van der Waals surface area contributed by atoms with Crippen LogP contribution in [0, 0.1) is 0 Å². The molecule has 11 heavy (non-hydrogen) atoms. The zero-order chi connectivity index (χ0) is 7.52. The van der Waals surface area contributed by atoms with E-state index < -0.39 is 0 Å². The number of hydrogen-bond acceptors (Lipinski definition) is 7. The van der Waals surface area contributed by atoms with Gasteiger partial charge in [0.2, 0.25) is 0 Å². The summed E-state index contributed by atoms with van der Waals surface area (Å²) >= 11 is 0. The van der Waals surface area contributed by atoms with Crippen molar-refractivity contribution >= 4 is 0 Å². The van der Waals surface area contributed by atoms with E-state index >= 15 is 0 Å². The monoisotopic (exact) mass is 154 g/mol. The number of tetrazole rings is 2. The second-order valence-electron chi connectivity index (χ2n) is 1.51. The Balaban J connectivity index is 2.14. The van der Waals surface area contributed by atoms with Crippen molar-refractivity contribution in [2.24, 2.45) is 0 Å². The fourth-order valence-corrected chi connectivity index (χ4v) is 0.466.